The van der Waals surface area contributed by atoms with Crippen molar-refractivity contribution in [2.75, 3.05) is 13.1 Å². The number of nitrogens with one attached hydrogen (secondary N) is 1. The van der Waals surface area contributed by atoms with Crippen molar-refractivity contribution in [2.24, 2.45) is 5.41 Å². The SMILES string of the molecule is CC(C)(C)[S@@](=O)N[C@@H]1c2ccccc2CC12CCN(C(=O)c1csc(Br)n1)CC2. The van der Waals surface area contributed by atoms with Crippen molar-refractivity contribution in [1.29, 1.82) is 0 Å². The summed E-state index contributed by atoms with van der Waals surface area (Å²) in [6, 6.07) is 8.53. The number of piperidine rings is 1. The molecule has 1 aromatic carbocycles. The van der Waals surface area contributed by atoms with E-state index in [1.165, 1.54) is 22.5 Å². The molecule has 4 rings (SSSR count). The number of thiazole rings is 1. The van der Waals surface area contributed by atoms with Crippen molar-refractivity contribution in [3.63, 3.8) is 0 Å². The lowest BCUT2D eigenvalue weighted by Crippen LogP contribution is -2.49. The van der Waals surface area contributed by atoms with Gasteiger partial charge in [-0.1, -0.05) is 24.3 Å². The molecule has 5 nitrogen and oxygen atoms in total. The summed E-state index contributed by atoms with van der Waals surface area (Å²) in [5, 5.41) is 1.80. The molecule has 156 valence electrons. The number of rotatable bonds is 3. The molecule has 2 aromatic rings. The molecule has 0 saturated carbocycles. The van der Waals surface area contributed by atoms with Crippen molar-refractivity contribution in [1.82, 2.24) is 14.6 Å². The van der Waals surface area contributed by atoms with Crippen molar-refractivity contribution < 1.29 is 9.00 Å². The zero-order valence-electron chi connectivity index (χ0n) is 16.9. The molecular formula is C21H26BrN3O2S2. The summed E-state index contributed by atoms with van der Waals surface area (Å²) >= 11 is 4.77. The molecular weight excluding hydrogens is 470 g/mol. The van der Waals surface area contributed by atoms with Crippen LogP contribution in [0.15, 0.2) is 33.6 Å². The number of carbonyl (C=O) groups is 1. The molecule has 2 heterocycles. The Bertz CT molecular complexity index is 945. The van der Waals surface area contributed by atoms with Crippen molar-refractivity contribution in [3.8, 4) is 0 Å². The molecule has 1 saturated heterocycles. The summed E-state index contributed by atoms with van der Waals surface area (Å²) in [4.78, 5) is 19.0. The molecule has 1 N–H and O–H groups in total. The summed E-state index contributed by atoms with van der Waals surface area (Å²) in [7, 11) is -1.15. The average Bonchev–Trinajstić information content (AvgIpc) is 3.23. The van der Waals surface area contributed by atoms with Gasteiger partial charge < -0.3 is 4.90 Å². The third-order valence-electron chi connectivity index (χ3n) is 6.04. The van der Waals surface area contributed by atoms with Gasteiger partial charge in [0.05, 0.1) is 21.8 Å². The molecule has 2 aliphatic rings. The first-order valence-electron chi connectivity index (χ1n) is 9.86. The van der Waals surface area contributed by atoms with Crippen LogP contribution in [-0.2, 0) is 17.4 Å². The number of nitrogens with zero attached hydrogens (tertiary/aromatic N) is 2. The summed E-state index contributed by atoms with van der Waals surface area (Å²) < 4.78 is 16.8. The fourth-order valence-corrected chi connectivity index (χ4v) is 6.32. The van der Waals surface area contributed by atoms with E-state index >= 15 is 0 Å². The molecule has 29 heavy (non-hydrogen) atoms. The largest absolute Gasteiger partial charge is 0.337 e. The number of halogens is 1. The standard InChI is InChI=1S/C21H26BrN3O2S2/c1-20(2,3)29(27)24-17-15-7-5-4-6-14(15)12-21(17)8-10-25(11-9-21)18(26)16-13-28-19(22)23-16/h4-7,13,17,24H,8-12H2,1-3H3/t17-,29-/m1/s1. The zero-order valence-corrected chi connectivity index (χ0v) is 20.1. The molecule has 1 amide bonds. The monoisotopic (exact) mass is 495 g/mol. The van der Waals surface area contributed by atoms with Crippen LogP contribution in [0.1, 0.15) is 61.3 Å². The lowest BCUT2D eigenvalue weighted by Gasteiger charge is -2.43. The minimum Gasteiger partial charge on any atom is -0.337 e. The van der Waals surface area contributed by atoms with Crippen LogP contribution in [0.3, 0.4) is 0 Å². The van der Waals surface area contributed by atoms with E-state index in [1.807, 2.05) is 25.7 Å². The van der Waals surface area contributed by atoms with Gasteiger partial charge in [-0.3, -0.25) is 4.79 Å². The molecule has 0 unspecified atom stereocenters. The smallest absolute Gasteiger partial charge is 0.273 e. The Morgan fingerprint density at radius 1 is 1.31 bits per heavy atom. The number of hydrogen-bond donors (Lipinski definition) is 1. The first-order chi connectivity index (χ1) is 13.7. The van der Waals surface area contributed by atoms with E-state index in [1.54, 1.807) is 5.38 Å². The number of fused-ring (bicyclic) bond motifs is 1. The maximum Gasteiger partial charge on any atom is 0.273 e. The highest BCUT2D eigenvalue weighted by Gasteiger charge is 2.49. The molecule has 0 radical (unpaired) electrons. The summed E-state index contributed by atoms with van der Waals surface area (Å²) in [5.41, 5.74) is 3.09. The maximum atomic E-state index is 12.9. The second kappa shape index (κ2) is 7.87. The first-order valence-corrected chi connectivity index (χ1v) is 12.7. The van der Waals surface area contributed by atoms with Crippen LogP contribution >= 0.6 is 27.3 Å². The molecule has 1 fully saturated rings. The minimum absolute atomic E-state index is 0.0000817. The lowest BCUT2D eigenvalue weighted by atomic mass is 9.73. The maximum absolute atomic E-state index is 12.9. The Labute approximate surface area is 187 Å². The Balaban J connectivity index is 1.55. The van der Waals surface area contributed by atoms with Crippen molar-refractivity contribution in [3.05, 3.63) is 50.4 Å². The molecule has 1 aromatic heterocycles. The van der Waals surface area contributed by atoms with E-state index in [-0.39, 0.29) is 22.1 Å². The van der Waals surface area contributed by atoms with Gasteiger partial charge in [0, 0.05) is 18.5 Å². The van der Waals surface area contributed by atoms with Crippen molar-refractivity contribution in [2.45, 2.75) is 50.8 Å². The zero-order chi connectivity index (χ0) is 20.8. The lowest BCUT2D eigenvalue weighted by molar-refractivity contribution is 0.0523. The second-order valence-corrected chi connectivity index (χ2v) is 13.1. The third kappa shape index (κ3) is 4.09. The van der Waals surface area contributed by atoms with Crippen molar-refractivity contribution >= 4 is 44.2 Å². The quantitative estimate of drug-likeness (QED) is 0.682. The van der Waals surface area contributed by atoms with Gasteiger partial charge in [-0.15, -0.1) is 11.3 Å². The van der Waals surface area contributed by atoms with E-state index in [4.69, 9.17) is 0 Å². The Hall–Kier alpha value is -1.09. The number of likely N-dealkylation sites (tertiary alicyclic amines) is 1. The number of amides is 1. The van der Waals surface area contributed by atoms with E-state index in [0.29, 0.717) is 18.8 Å². The van der Waals surface area contributed by atoms with Crippen LogP contribution in [0, 0.1) is 5.41 Å². The predicted octanol–water partition coefficient (Wildman–Crippen LogP) is 4.48. The van der Waals surface area contributed by atoms with Crippen LogP contribution < -0.4 is 4.72 Å². The van der Waals surface area contributed by atoms with Crippen LogP contribution in [0.25, 0.3) is 0 Å². The third-order valence-corrected chi connectivity index (χ3v) is 8.97. The highest BCUT2D eigenvalue weighted by atomic mass is 79.9. The number of benzene rings is 1. The normalized spacial score (nSPS) is 21.9. The van der Waals surface area contributed by atoms with Gasteiger partial charge in [0.25, 0.3) is 5.91 Å². The number of aromatic nitrogens is 1. The number of carbonyl (C=O) groups excluding carboxylic acids is 1. The highest BCUT2D eigenvalue weighted by Crippen LogP contribution is 2.52. The minimum atomic E-state index is -1.15. The van der Waals surface area contributed by atoms with Crippen LogP contribution in [0.2, 0.25) is 0 Å². The van der Waals surface area contributed by atoms with Gasteiger partial charge in [-0.05, 0) is 72.5 Å². The Morgan fingerprint density at radius 3 is 2.62 bits per heavy atom. The molecule has 1 spiro atoms. The van der Waals surface area contributed by atoms with Gasteiger partial charge in [0.1, 0.15) is 5.69 Å². The van der Waals surface area contributed by atoms with Gasteiger partial charge in [-0.2, -0.15) is 0 Å². The van der Waals surface area contributed by atoms with E-state index in [0.717, 1.165) is 23.2 Å². The first kappa shape index (κ1) is 21.2. The molecule has 8 heteroatoms. The topological polar surface area (TPSA) is 62.3 Å². The summed E-state index contributed by atoms with van der Waals surface area (Å²) in [6.07, 6.45) is 2.74. The Morgan fingerprint density at radius 2 is 2.00 bits per heavy atom. The highest BCUT2D eigenvalue weighted by molar-refractivity contribution is 9.11. The molecule has 0 bridgehead atoms. The molecule has 1 aliphatic heterocycles. The fourth-order valence-electron chi connectivity index (χ4n) is 4.39. The van der Waals surface area contributed by atoms with Gasteiger partial charge in [-0.25, -0.2) is 13.9 Å². The summed E-state index contributed by atoms with van der Waals surface area (Å²) in [6.45, 7) is 7.38. The van der Waals surface area contributed by atoms with Gasteiger partial charge >= 0.3 is 0 Å². The Kier molecular flexibility index (Phi) is 5.74. The fraction of sp³-hybridized carbons (Fsp3) is 0.524. The van der Waals surface area contributed by atoms with E-state index < -0.39 is 11.0 Å². The van der Waals surface area contributed by atoms with Crippen LogP contribution in [0.4, 0.5) is 0 Å². The number of hydrogen-bond acceptors (Lipinski definition) is 4. The van der Waals surface area contributed by atoms with Gasteiger partial charge in [0.15, 0.2) is 3.92 Å². The second-order valence-electron chi connectivity index (χ2n) is 8.95. The summed E-state index contributed by atoms with van der Waals surface area (Å²) in [5.74, 6) is 0.0000817. The average molecular weight is 496 g/mol. The molecule has 1 aliphatic carbocycles. The predicted molar refractivity (Wildman–Crippen MR) is 121 cm³/mol. The van der Waals surface area contributed by atoms with E-state index in [9.17, 15) is 9.00 Å². The van der Waals surface area contributed by atoms with Crippen LogP contribution in [0.5, 0.6) is 0 Å². The van der Waals surface area contributed by atoms with E-state index in [2.05, 4.69) is 49.9 Å². The van der Waals surface area contributed by atoms with Gasteiger partial charge in [0.2, 0.25) is 0 Å². The van der Waals surface area contributed by atoms with Crippen LogP contribution in [-0.4, -0.2) is 37.8 Å². The molecule has 2 atom stereocenters.